The summed E-state index contributed by atoms with van der Waals surface area (Å²) in [4.78, 5) is 11.6. The van der Waals surface area contributed by atoms with Crippen LogP contribution in [0.25, 0.3) is 0 Å². The fourth-order valence-corrected chi connectivity index (χ4v) is 2.30. The minimum Gasteiger partial charge on any atom is -0.369 e. The predicted octanol–water partition coefficient (Wildman–Crippen LogP) is 1.84. The molecular weight excluding hydrogens is 228 g/mol. The van der Waals surface area contributed by atoms with E-state index >= 15 is 0 Å². The average Bonchev–Trinajstić information content (AvgIpc) is 2.35. The van der Waals surface area contributed by atoms with Crippen molar-refractivity contribution in [2.45, 2.75) is 71.1 Å². The van der Waals surface area contributed by atoms with Gasteiger partial charge in [0.15, 0.2) is 0 Å². The molecule has 1 fully saturated rings. The molecule has 0 aromatic heterocycles. The molecule has 0 atom stereocenters. The van der Waals surface area contributed by atoms with Crippen molar-refractivity contribution in [2.24, 2.45) is 0 Å². The van der Waals surface area contributed by atoms with Gasteiger partial charge >= 0.3 is 0 Å². The summed E-state index contributed by atoms with van der Waals surface area (Å²) < 4.78 is 5.30. The Kier molecular flexibility index (Phi) is 7.28. The van der Waals surface area contributed by atoms with Crippen molar-refractivity contribution < 1.29 is 9.53 Å². The summed E-state index contributed by atoms with van der Waals surface area (Å²) in [7, 11) is 0. The highest BCUT2D eigenvalue weighted by Gasteiger charge is 2.21. The molecular formula is C14H28N2O2. The monoisotopic (exact) mass is 256 g/mol. The van der Waals surface area contributed by atoms with Gasteiger partial charge in [-0.25, -0.2) is 0 Å². The molecule has 4 heteroatoms. The zero-order valence-corrected chi connectivity index (χ0v) is 12.0. The van der Waals surface area contributed by atoms with Crippen molar-refractivity contribution >= 4 is 5.91 Å². The SMILES string of the molecule is CCCNC1CCC(NC(=O)COC(C)C)CC1. The smallest absolute Gasteiger partial charge is 0.246 e. The first-order valence-corrected chi connectivity index (χ1v) is 7.26. The van der Waals surface area contributed by atoms with E-state index in [2.05, 4.69) is 17.6 Å². The lowest BCUT2D eigenvalue weighted by Crippen LogP contribution is -2.43. The number of carbonyl (C=O) groups excluding carboxylic acids is 1. The van der Waals surface area contributed by atoms with Gasteiger partial charge in [0.2, 0.25) is 5.91 Å². The number of rotatable bonds is 7. The third-order valence-corrected chi connectivity index (χ3v) is 3.32. The largest absolute Gasteiger partial charge is 0.369 e. The molecule has 0 heterocycles. The first-order chi connectivity index (χ1) is 8.61. The van der Waals surface area contributed by atoms with E-state index in [-0.39, 0.29) is 18.6 Å². The normalized spacial score (nSPS) is 24.2. The number of hydrogen-bond donors (Lipinski definition) is 2. The molecule has 2 N–H and O–H groups in total. The molecule has 1 amide bonds. The summed E-state index contributed by atoms with van der Waals surface area (Å²) >= 11 is 0. The van der Waals surface area contributed by atoms with Gasteiger partial charge in [-0.05, 0) is 52.5 Å². The van der Waals surface area contributed by atoms with E-state index in [1.54, 1.807) is 0 Å². The molecule has 1 aliphatic carbocycles. The van der Waals surface area contributed by atoms with E-state index in [1.165, 1.54) is 6.42 Å². The molecule has 0 radical (unpaired) electrons. The Morgan fingerprint density at radius 3 is 2.39 bits per heavy atom. The first kappa shape index (κ1) is 15.4. The topological polar surface area (TPSA) is 50.4 Å². The van der Waals surface area contributed by atoms with E-state index in [4.69, 9.17) is 4.74 Å². The quantitative estimate of drug-likeness (QED) is 0.731. The van der Waals surface area contributed by atoms with E-state index in [0.717, 1.165) is 32.2 Å². The van der Waals surface area contributed by atoms with Crippen LogP contribution in [0.5, 0.6) is 0 Å². The first-order valence-electron chi connectivity index (χ1n) is 7.26. The molecule has 18 heavy (non-hydrogen) atoms. The maximum atomic E-state index is 11.6. The second-order valence-electron chi connectivity index (χ2n) is 5.43. The van der Waals surface area contributed by atoms with Crippen LogP contribution < -0.4 is 10.6 Å². The molecule has 0 bridgehead atoms. The number of ether oxygens (including phenoxy) is 1. The minimum absolute atomic E-state index is 0.0219. The zero-order chi connectivity index (χ0) is 13.4. The van der Waals surface area contributed by atoms with Crippen LogP contribution in [-0.4, -0.2) is 37.2 Å². The third-order valence-electron chi connectivity index (χ3n) is 3.32. The van der Waals surface area contributed by atoms with Crippen LogP contribution in [0.1, 0.15) is 52.9 Å². The van der Waals surface area contributed by atoms with Gasteiger partial charge in [0.1, 0.15) is 6.61 Å². The van der Waals surface area contributed by atoms with Gasteiger partial charge < -0.3 is 15.4 Å². The summed E-state index contributed by atoms with van der Waals surface area (Å²) in [5.74, 6) is 0.0219. The second kappa shape index (κ2) is 8.48. The van der Waals surface area contributed by atoms with E-state index < -0.39 is 0 Å². The predicted molar refractivity (Wildman–Crippen MR) is 73.6 cm³/mol. The van der Waals surface area contributed by atoms with Crippen LogP contribution in [-0.2, 0) is 9.53 Å². The Morgan fingerprint density at radius 1 is 1.22 bits per heavy atom. The van der Waals surface area contributed by atoms with Crippen molar-refractivity contribution in [3.63, 3.8) is 0 Å². The van der Waals surface area contributed by atoms with E-state index in [1.807, 2.05) is 13.8 Å². The number of amides is 1. The summed E-state index contributed by atoms with van der Waals surface area (Å²) in [5, 5.41) is 6.61. The van der Waals surface area contributed by atoms with E-state index in [0.29, 0.717) is 12.1 Å². The third kappa shape index (κ3) is 6.36. The number of carbonyl (C=O) groups is 1. The van der Waals surface area contributed by atoms with Crippen LogP contribution in [0.4, 0.5) is 0 Å². The molecule has 106 valence electrons. The average molecular weight is 256 g/mol. The zero-order valence-electron chi connectivity index (χ0n) is 12.0. The molecule has 0 aliphatic heterocycles. The number of hydrogen-bond acceptors (Lipinski definition) is 3. The van der Waals surface area contributed by atoms with Gasteiger partial charge in [-0.3, -0.25) is 4.79 Å². The molecule has 0 unspecified atom stereocenters. The van der Waals surface area contributed by atoms with Crippen molar-refractivity contribution in [3.8, 4) is 0 Å². The van der Waals surface area contributed by atoms with Crippen LogP contribution in [0.15, 0.2) is 0 Å². The van der Waals surface area contributed by atoms with Gasteiger partial charge in [-0.15, -0.1) is 0 Å². The van der Waals surface area contributed by atoms with E-state index in [9.17, 15) is 4.79 Å². The Morgan fingerprint density at radius 2 is 1.83 bits per heavy atom. The van der Waals surface area contributed by atoms with Crippen LogP contribution in [0.3, 0.4) is 0 Å². The van der Waals surface area contributed by atoms with Crippen molar-refractivity contribution in [3.05, 3.63) is 0 Å². The van der Waals surface area contributed by atoms with Gasteiger partial charge in [0.05, 0.1) is 6.10 Å². The molecule has 1 rings (SSSR count). The maximum absolute atomic E-state index is 11.6. The maximum Gasteiger partial charge on any atom is 0.246 e. The van der Waals surface area contributed by atoms with Crippen LogP contribution >= 0.6 is 0 Å². The fourth-order valence-electron chi connectivity index (χ4n) is 2.30. The molecule has 0 spiro atoms. The molecule has 0 saturated heterocycles. The summed E-state index contributed by atoms with van der Waals surface area (Å²) in [6.07, 6.45) is 5.78. The second-order valence-corrected chi connectivity index (χ2v) is 5.43. The number of nitrogens with one attached hydrogen (secondary N) is 2. The standard InChI is InChI=1S/C14H28N2O2/c1-4-9-15-12-5-7-13(8-6-12)16-14(17)10-18-11(2)3/h11-13,15H,4-10H2,1-3H3,(H,16,17). The van der Waals surface area contributed by atoms with Crippen molar-refractivity contribution in [1.29, 1.82) is 0 Å². The highest BCUT2D eigenvalue weighted by Crippen LogP contribution is 2.18. The highest BCUT2D eigenvalue weighted by atomic mass is 16.5. The minimum atomic E-state index is 0.0219. The lowest BCUT2D eigenvalue weighted by molar-refractivity contribution is -0.128. The van der Waals surface area contributed by atoms with Gasteiger partial charge in [0, 0.05) is 12.1 Å². The van der Waals surface area contributed by atoms with Gasteiger partial charge in [-0.2, -0.15) is 0 Å². The molecule has 4 nitrogen and oxygen atoms in total. The molecule has 1 saturated carbocycles. The molecule has 1 aliphatic rings. The summed E-state index contributed by atoms with van der Waals surface area (Å²) in [6, 6.07) is 0.984. The van der Waals surface area contributed by atoms with Crippen molar-refractivity contribution in [1.82, 2.24) is 10.6 Å². The fraction of sp³-hybridized carbons (Fsp3) is 0.929. The van der Waals surface area contributed by atoms with Gasteiger partial charge in [-0.1, -0.05) is 6.92 Å². The Bertz CT molecular complexity index is 236. The Hall–Kier alpha value is -0.610. The van der Waals surface area contributed by atoms with Crippen molar-refractivity contribution in [2.75, 3.05) is 13.2 Å². The van der Waals surface area contributed by atoms with Gasteiger partial charge in [0.25, 0.3) is 0 Å². The lowest BCUT2D eigenvalue weighted by atomic mass is 9.91. The summed E-state index contributed by atoms with van der Waals surface area (Å²) in [5.41, 5.74) is 0. The Labute approximate surface area is 111 Å². The molecule has 0 aromatic rings. The molecule has 0 aromatic carbocycles. The lowest BCUT2D eigenvalue weighted by Gasteiger charge is -2.29. The summed E-state index contributed by atoms with van der Waals surface area (Å²) in [6.45, 7) is 7.36. The Balaban J connectivity index is 2.13. The van der Waals surface area contributed by atoms with Crippen LogP contribution in [0, 0.1) is 0 Å². The van der Waals surface area contributed by atoms with Crippen LogP contribution in [0.2, 0.25) is 0 Å². The highest BCUT2D eigenvalue weighted by molar-refractivity contribution is 5.77.